The molecule has 0 aromatic heterocycles. The monoisotopic (exact) mass is 407 g/mol. The molecule has 1 saturated carbocycles. The maximum absolute atomic E-state index is 12.6. The van der Waals surface area contributed by atoms with Crippen LogP contribution in [0.5, 0.6) is 0 Å². The second-order valence-electron chi connectivity index (χ2n) is 7.08. The van der Waals surface area contributed by atoms with Gasteiger partial charge in [0, 0.05) is 11.9 Å². The molecule has 1 saturated heterocycles. The maximum atomic E-state index is 12.6. The summed E-state index contributed by atoms with van der Waals surface area (Å²) in [6.07, 6.45) is 10.2. The van der Waals surface area contributed by atoms with Crippen molar-refractivity contribution in [2.75, 3.05) is 18.1 Å². The van der Waals surface area contributed by atoms with Crippen molar-refractivity contribution >= 4 is 30.0 Å². The molecule has 3 N–H and O–H groups in total. The van der Waals surface area contributed by atoms with Crippen LogP contribution in [-0.2, 0) is 9.59 Å². The Labute approximate surface area is 175 Å². The number of hydrogen-bond acceptors (Lipinski definition) is 4. The summed E-state index contributed by atoms with van der Waals surface area (Å²) in [5, 5.41) is 6.50. The Bertz CT molecular complexity index is 559. The number of rotatable bonds is 5. The predicted molar refractivity (Wildman–Crippen MR) is 120 cm³/mol. The number of hydrogen-bond donors (Lipinski definition) is 3. The molecule has 6 heteroatoms. The minimum Gasteiger partial charge on any atom is -0.325 e. The van der Waals surface area contributed by atoms with Crippen molar-refractivity contribution in [3.63, 3.8) is 0 Å². The summed E-state index contributed by atoms with van der Waals surface area (Å²) < 4.78 is 2.35. The lowest BCUT2D eigenvalue weighted by atomic mass is 9.76. The van der Waals surface area contributed by atoms with Gasteiger partial charge in [0.15, 0.2) is 0 Å². The zero-order valence-corrected chi connectivity index (χ0v) is 18.6. The number of aryl methyl sites for hydroxylation is 1. The van der Waals surface area contributed by atoms with Crippen LogP contribution in [0.3, 0.4) is 0 Å². The van der Waals surface area contributed by atoms with Crippen LogP contribution in [0.1, 0.15) is 57.9 Å². The Kier molecular flexibility index (Phi) is 12.7. The van der Waals surface area contributed by atoms with Crippen LogP contribution >= 0.6 is 11.9 Å². The third-order valence-corrected chi connectivity index (χ3v) is 5.62. The molecule has 1 aliphatic carbocycles. The summed E-state index contributed by atoms with van der Waals surface area (Å²) in [5.41, 5.74) is 2.12. The second-order valence-corrected chi connectivity index (χ2v) is 7.72. The van der Waals surface area contributed by atoms with E-state index in [0.717, 1.165) is 24.6 Å². The van der Waals surface area contributed by atoms with E-state index in [1.807, 2.05) is 38.1 Å². The normalized spacial score (nSPS) is 21.4. The molecule has 2 atom stereocenters. The lowest BCUT2D eigenvalue weighted by molar-refractivity contribution is -0.119. The van der Waals surface area contributed by atoms with Crippen LogP contribution in [0.25, 0.3) is 0 Å². The third kappa shape index (κ3) is 8.23. The molecule has 2 amide bonds. The van der Waals surface area contributed by atoms with Crippen LogP contribution in [0.2, 0.25) is 0 Å². The molecule has 0 bridgehead atoms. The van der Waals surface area contributed by atoms with E-state index in [1.54, 1.807) is 6.26 Å². The molecule has 1 heterocycles. The zero-order chi connectivity index (χ0) is 20.8. The van der Waals surface area contributed by atoms with Crippen molar-refractivity contribution < 1.29 is 9.59 Å². The van der Waals surface area contributed by atoms with Gasteiger partial charge in [0.1, 0.15) is 0 Å². The van der Waals surface area contributed by atoms with Crippen molar-refractivity contribution in [3.8, 4) is 0 Å². The third-order valence-electron chi connectivity index (χ3n) is 5.29. The Morgan fingerprint density at radius 3 is 2.29 bits per heavy atom. The van der Waals surface area contributed by atoms with Gasteiger partial charge < -0.3 is 15.4 Å². The van der Waals surface area contributed by atoms with Crippen molar-refractivity contribution in [3.05, 3.63) is 29.8 Å². The van der Waals surface area contributed by atoms with Gasteiger partial charge in [-0.25, -0.2) is 0 Å². The van der Waals surface area contributed by atoms with Crippen molar-refractivity contribution in [2.24, 2.45) is 11.8 Å². The molecule has 0 spiro atoms. The van der Waals surface area contributed by atoms with Gasteiger partial charge in [-0.15, -0.1) is 0 Å². The van der Waals surface area contributed by atoms with E-state index in [9.17, 15) is 9.59 Å². The highest BCUT2D eigenvalue weighted by Crippen LogP contribution is 2.36. The molecule has 0 radical (unpaired) electrons. The summed E-state index contributed by atoms with van der Waals surface area (Å²) in [5.74, 6) is 1.41. The van der Waals surface area contributed by atoms with Crippen molar-refractivity contribution in [1.29, 1.82) is 0 Å². The van der Waals surface area contributed by atoms with Crippen LogP contribution in [0.15, 0.2) is 24.3 Å². The lowest BCUT2D eigenvalue weighted by Crippen LogP contribution is -2.42. The molecule has 28 heavy (non-hydrogen) atoms. The first-order valence-corrected chi connectivity index (χ1v) is 11.7. The largest absolute Gasteiger partial charge is 0.325 e. The Morgan fingerprint density at radius 2 is 1.75 bits per heavy atom. The summed E-state index contributed by atoms with van der Waals surface area (Å²) in [4.78, 5) is 21.9. The van der Waals surface area contributed by atoms with E-state index in [-0.39, 0.29) is 11.9 Å². The van der Waals surface area contributed by atoms with E-state index < -0.39 is 0 Å². The average molecular weight is 408 g/mol. The fraction of sp³-hybridized carbons (Fsp3) is 0.636. The number of amides is 2. The van der Waals surface area contributed by atoms with Crippen LogP contribution in [0.4, 0.5) is 5.69 Å². The van der Waals surface area contributed by atoms with Crippen LogP contribution in [0, 0.1) is 18.8 Å². The highest BCUT2D eigenvalue weighted by molar-refractivity contribution is 7.97. The quantitative estimate of drug-likeness (QED) is 0.495. The Balaban J connectivity index is 0.000000490. The molecule has 158 valence electrons. The minimum atomic E-state index is -0.00518. The van der Waals surface area contributed by atoms with Crippen LogP contribution in [-0.4, -0.2) is 31.2 Å². The van der Waals surface area contributed by atoms with Gasteiger partial charge in [-0.05, 0) is 43.9 Å². The Hall–Kier alpha value is -1.53. The van der Waals surface area contributed by atoms with E-state index in [2.05, 4.69) is 22.3 Å². The number of carbonyl (C=O) groups is 2. The van der Waals surface area contributed by atoms with Gasteiger partial charge in [-0.1, -0.05) is 75.6 Å². The first kappa shape index (κ1) is 24.5. The maximum Gasteiger partial charge on any atom is 0.241 e. The zero-order valence-electron chi connectivity index (χ0n) is 17.8. The van der Waals surface area contributed by atoms with Crippen molar-refractivity contribution in [2.45, 2.75) is 65.3 Å². The van der Waals surface area contributed by atoms with Gasteiger partial charge in [0.2, 0.25) is 12.3 Å². The second kappa shape index (κ2) is 14.5. The highest BCUT2D eigenvalue weighted by Gasteiger charge is 2.37. The molecular formula is C22H37N3O2S. The highest BCUT2D eigenvalue weighted by atomic mass is 32.2. The van der Waals surface area contributed by atoms with Crippen molar-refractivity contribution in [1.82, 2.24) is 10.0 Å². The fourth-order valence-electron chi connectivity index (χ4n) is 3.99. The molecule has 2 fully saturated rings. The van der Waals surface area contributed by atoms with E-state index >= 15 is 0 Å². The predicted octanol–water partition coefficient (Wildman–Crippen LogP) is 4.53. The van der Waals surface area contributed by atoms with Gasteiger partial charge >= 0.3 is 0 Å². The average Bonchev–Trinajstić information content (AvgIpc) is 3.23. The number of nitrogens with one attached hydrogen (secondary N) is 3. The van der Waals surface area contributed by atoms with Gasteiger partial charge in [0.25, 0.3) is 0 Å². The molecule has 2 unspecified atom stereocenters. The first-order valence-electron chi connectivity index (χ1n) is 10.5. The standard InChI is InChI=1S/C18H26N2O.C2H5NOS.C2H6/c1-13-7-9-15(10-8-13)20-18(21)17-16(11-12-19-17)14-5-3-2-4-6-14;1-5-3-2-4;1-2/h7-10,14,16-17,19H,2-6,11-12H2,1H3,(H,20,21);2H,1H3,(H,3,4);1-2H3. The molecule has 1 aliphatic heterocycles. The lowest BCUT2D eigenvalue weighted by Gasteiger charge is -2.30. The van der Waals surface area contributed by atoms with Gasteiger partial charge in [-0.3, -0.25) is 9.59 Å². The number of anilines is 1. The molecule has 2 aliphatic rings. The number of carbonyl (C=O) groups excluding carboxylic acids is 2. The van der Waals surface area contributed by atoms with Gasteiger partial charge in [-0.2, -0.15) is 0 Å². The summed E-state index contributed by atoms with van der Waals surface area (Å²) in [6, 6.07) is 8.04. The number of benzene rings is 1. The first-order chi connectivity index (χ1) is 13.7. The van der Waals surface area contributed by atoms with Crippen LogP contribution < -0.4 is 15.4 Å². The molecular weight excluding hydrogens is 370 g/mol. The van der Waals surface area contributed by atoms with Gasteiger partial charge in [0.05, 0.1) is 6.04 Å². The summed E-state index contributed by atoms with van der Waals surface area (Å²) in [6.45, 7) is 7.04. The van der Waals surface area contributed by atoms with E-state index in [4.69, 9.17) is 0 Å². The molecule has 5 nitrogen and oxygen atoms in total. The van der Waals surface area contributed by atoms with E-state index in [1.165, 1.54) is 49.6 Å². The summed E-state index contributed by atoms with van der Waals surface area (Å²) >= 11 is 1.28. The molecule has 1 aromatic rings. The van der Waals surface area contributed by atoms with E-state index in [0.29, 0.717) is 12.3 Å². The molecule has 3 rings (SSSR count). The minimum absolute atomic E-state index is 0.00518. The summed E-state index contributed by atoms with van der Waals surface area (Å²) in [7, 11) is 0. The fourth-order valence-corrected chi connectivity index (χ4v) is 4.08. The Morgan fingerprint density at radius 1 is 1.11 bits per heavy atom. The SMILES string of the molecule is CC.CSNC=O.Cc1ccc(NC(=O)C2NCCC2C2CCCCC2)cc1. The smallest absolute Gasteiger partial charge is 0.241 e. The topological polar surface area (TPSA) is 70.2 Å². The molecule has 1 aromatic carbocycles.